The van der Waals surface area contributed by atoms with E-state index in [2.05, 4.69) is 21.2 Å². The van der Waals surface area contributed by atoms with Crippen molar-refractivity contribution in [2.24, 2.45) is 0 Å². The molecule has 2 aromatic rings. The van der Waals surface area contributed by atoms with Crippen molar-refractivity contribution in [3.63, 3.8) is 0 Å². The molecule has 0 fully saturated rings. The van der Waals surface area contributed by atoms with Crippen LogP contribution in [-0.2, 0) is 4.79 Å². The number of nitrogens with zero attached hydrogens (tertiary/aromatic N) is 1. The second-order valence-electron chi connectivity index (χ2n) is 5.70. The second-order valence-corrected chi connectivity index (χ2v) is 6.55. The third-order valence-corrected chi connectivity index (χ3v) is 4.28. The van der Waals surface area contributed by atoms with Gasteiger partial charge in [0, 0.05) is 5.69 Å². The highest BCUT2D eigenvalue weighted by Crippen LogP contribution is 2.28. The Labute approximate surface area is 161 Å². The van der Waals surface area contributed by atoms with Crippen molar-refractivity contribution < 1.29 is 14.6 Å². The van der Waals surface area contributed by atoms with E-state index in [0.717, 1.165) is 10.9 Å². The quantitative estimate of drug-likeness (QED) is 0.400. The number of halogens is 1. The van der Waals surface area contributed by atoms with Crippen LogP contribution in [0, 0.1) is 11.3 Å². The molecule has 2 N–H and O–H groups in total. The van der Waals surface area contributed by atoms with Crippen LogP contribution in [0.3, 0.4) is 0 Å². The minimum atomic E-state index is -0.519. The lowest BCUT2D eigenvalue weighted by atomic mass is 10.1. The van der Waals surface area contributed by atoms with Gasteiger partial charge < -0.3 is 15.2 Å². The molecule has 0 aliphatic carbocycles. The lowest BCUT2D eigenvalue weighted by Gasteiger charge is -2.14. The standard InChI is InChI=1S/C20H19BrN2O3/c1-3-13(2)26-19-9-4-14(11-18(19)21)10-15(12-22)20(25)23-16-5-7-17(24)8-6-16/h4-11,13,24H,3H2,1-2H3,(H,23,25). The Hall–Kier alpha value is -2.78. The minimum Gasteiger partial charge on any atom is -0.508 e. The molecule has 6 heteroatoms. The van der Waals surface area contributed by atoms with Gasteiger partial charge in [0.2, 0.25) is 0 Å². The highest BCUT2D eigenvalue weighted by Gasteiger charge is 2.11. The number of phenols is 1. The molecule has 0 spiro atoms. The number of carbonyl (C=O) groups excluding carboxylic acids is 1. The summed E-state index contributed by atoms with van der Waals surface area (Å²) in [5, 5.41) is 21.2. The average Bonchev–Trinajstić information content (AvgIpc) is 2.63. The molecule has 2 aromatic carbocycles. The Kier molecular flexibility index (Phi) is 6.81. The normalized spacial score (nSPS) is 12.2. The Balaban J connectivity index is 2.17. The molecule has 0 saturated carbocycles. The van der Waals surface area contributed by atoms with Crippen molar-refractivity contribution in [2.75, 3.05) is 5.32 Å². The van der Waals surface area contributed by atoms with Crippen molar-refractivity contribution in [1.29, 1.82) is 5.26 Å². The molecule has 0 aromatic heterocycles. The van der Waals surface area contributed by atoms with E-state index < -0.39 is 5.91 Å². The molecule has 0 saturated heterocycles. The van der Waals surface area contributed by atoms with Gasteiger partial charge in [-0.25, -0.2) is 0 Å². The van der Waals surface area contributed by atoms with Crippen LogP contribution in [0.15, 0.2) is 52.5 Å². The fraction of sp³-hybridized carbons (Fsp3) is 0.200. The fourth-order valence-corrected chi connectivity index (χ4v) is 2.55. The predicted molar refractivity (Wildman–Crippen MR) is 105 cm³/mol. The van der Waals surface area contributed by atoms with Crippen molar-refractivity contribution in [2.45, 2.75) is 26.4 Å². The first kappa shape index (κ1) is 19.5. The fourth-order valence-electron chi connectivity index (χ4n) is 2.06. The van der Waals surface area contributed by atoms with Crippen LogP contribution in [0.1, 0.15) is 25.8 Å². The van der Waals surface area contributed by atoms with Crippen LogP contribution < -0.4 is 10.1 Å². The molecule has 0 bridgehead atoms. The van der Waals surface area contributed by atoms with Gasteiger partial charge in [0.05, 0.1) is 10.6 Å². The third-order valence-electron chi connectivity index (χ3n) is 3.66. The molecule has 5 nitrogen and oxygen atoms in total. The summed E-state index contributed by atoms with van der Waals surface area (Å²) in [6, 6.07) is 13.3. The van der Waals surface area contributed by atoms with Gasteiger partial charge in [0.25, 0.3) is 5.91 Å². The highest BCUT2D eigenvalue weighted by atomic mass is 79.9. The van der Waals surface area contributed by atoms with E-state index in [4.69, 9.17) is 4.74 Å². The SMILES string of the molecule is CCC(C)Oc1ccc(C=C(C#N)C(=O)Nc2ccc(O)cc2)cc1Br. The van der Waals surface area contributed by atoms with Crippen LogP contribution in [0.5, 0.6) is 11.5 Å². The molecule has 1 unspecified atom stereocenters. The van der Waals surface area contributed by atoms with Gasteiger partial charge in [-0.05, 0) is 77.3 Å². The lowest BCUT2D eigenvalue weighted by molar-refractivity contribution is -0.112. The maximum Gasteiger partial charge on any atom is 0.266 e. The van der Waals surface area contributed by atoms with E-state index in [-0.39, 0.29) is 17.4 Å². The number of ether oxygens (including phenoxy) is 1. The summed E-state index contributed by atoms with van der Waals surface area (Å²) in [6.07, 6.45) is 2.50. The zero-order valence-corrected chi connectivity index (χ0v) is 16.1. The third kappa shape index (κ3) is 5.36. The van der Waals surface area contributed by atoms with Crippen molar-refractivity contribution >= 4 is 33.6 Å². The number of nitrogens with one attached hydrogen (secondary N) is 1. The van der Waals surface area contributed by atoms with Crippen molar-refractivity contribution in [1.82, 2.24) is 0 Å². The molecule has 2 rings (SSSR count). The number of hydrogen-bond acceptors (Lipinski definition) is 4. The zero-order chi connectivity index (χ0) is 19.1. The highest BCUT2D eigenvalue weighted by molar-refractivity contribution is 9.10. The summed E-state index contributed by atoms with van der Waals surface area (Å²) in [7, 11) is 0. The van der Waals surface area contributed by atoms with Gasteiger partial charge in [-0.1, -0.05) is 13.0 Å². The van der Waals surface area contributed by atoms with Gasteiger partial charge in [0.1, 0.15) is 23.1 Å². The van der Waals surface area contributed by atoms with E-state index >= 15 is 0 Å². The minimum absolute atomic E-state index is 0.0273. The first-order valence-corrected chi connectivity index (χ1v) is 8.90. The number of phenolic OH excluding ortho intramolecular Hbond substituents is 1. The summed E-state index contributed by atoms with van der Waals surface area (Å²) in [6.45, 7) is 4.03. The van der Waals surface area contributed by atoms with E-state index in [0.29, 0.717) is 17.0 Å². The summed E-state index contributed by atoms with van der Waals surface area (Å²) in [4.78, 5) is 12.3. The largest absolute Gasteiger partial charge is 0.508 e. The maximum atomic E-state index is 12.3. The van der Waals surface area contributed by atoms with Gasteiger partial charge >= 0.3 is 0 Å². The molecule has 26 heavy (non-hydrogen) atoms. The monoisotopic (exact) mass is 414 g/mol. The Morgan fingerprint density at radius 1 is 1.35 bits per heavy atom. The van der Waals surface area contributed by atoms with Gasteiger partial charge in [-0.15, -0.1) is 0 Å². The smallest absolute Gasteiger partial charge is 0.266 e. The Morgan fingerprint density at radius 3 is 2.62 bits per heavy atom. The Bertz CT molecular complexity index is 854. The van der Waals surface area contributed by atoms with Crippen LogP contribution in [0.2, 0.25) is 0 Å². The molecule has 0 radical (unpaired) electrons. The predicted octanol–water partition coefficient (Wildman–Crippen LogP) is 4.88. The molecular weight excluding hydrogens is 396 g/mol. The molecule has 1 atom stereocenters. The number of amides is 1. The van der Waals surface area contributed by atoms with Crippen LogP contribution in [0.25, 0.3) is 6.08 Å². The van der Waals surface area contributed by atoms with Crippen molar-refractivity contribution in [3.05, 3.63) is 58.1 Å². The zero-order valence-electron chi connectivity index (χ0n) is 14.5. The molecule has 0 heterocycles. The molecule has 1 amide bonds. The maximum absolute atomic E-state index is 12.3. The number of hydrogen-bond donors (Lipinski definition) is 2. The first-order chi connectivity index (χ1) is 12.4. The second kappa shape index (κ2) is 9.07. The van der Waals surface area contributed by atoms with Gasteiger partial charge in [-0.2, -0.15) is 5.26 Å². The summed E-state index contributed by atoms with van der Waals surface area (Å²) in [5.41, 5.74) is 1.17. The summed E-state index contributed by atoms with van der Waals surface area (Å²) >= 11 is 3.45. The first-order valence-electron chi connectivity index (χ1n) is 8.11. The number of aromatic hydroxyl groups is 1. The lowest BCUT2D eigenvalue weighted by Crippen LogP contribution is -2.13. The van der Waals surface area contributed by atoms with Crippen molar-refractivity contribution in [3.8, 4) is 17.6 Å². The molecular formula is C20H19BrN2O3. The van der Waals surface area contributed by atoms with E-state index in [1.165, 1.54) is 18.2 Å². The number of rotatable bonds is 6. The molecule has 134 valence electrons. The van der Waals surface area contributed by atoms with Gasteiger partial charge in [0.15, 0.2) is 0 Å². The number of nitriles is 1. The average molecular weight is 415 g/mol. The van der Waals surface area contributed by atoms with Crippen LogP contribution in [0.4, 0.5) is 5.69 Å². The molecule has 0 aliphatic heterocycles. The van der Waals surface area contributed by atoms with E-state index in [9.17, 15) is 15.2 Å². The number of anilines is 1. The number of benzene rings is 2. The number of carbonyl (C=O) groups is 1. The topological polar surface area (TPSA) is 82.3 Å². The van der Waals surface area contributed by atoms with E-state index in [1.807, 2.05) is 19.9 Å². The van der Waals surface area contributed by atoms with Crippen LogP contribution in [-0.4, -0.2) is 17.1 Å². The van der Waals surface area contributed by atoms with Gasteiger partial charge in [-0.3, -0.25) is 4.79 Å². The summed E-state index contributed by atoms with van der Waals surface area (Å²) < 4.78 is 6.54. The Morgan fingerprint density at radius 2 is 2.04 bits per heavy atom. The molecule has 0 aliphatic rings. The van der Waals surface area contributed by atoms with E-state index in [1.54, 1.807) is 30.3 Å². The van der Waals surface area contributed by atoms with Crippen LogP contribution >= 0.6 is 15.9 Å². The summed E-state index contributed by atoms with van der Waals surface area (Å²) in [5.74, 6) is 0.293.